The van der Waals surface area contributed by atoms with Crippen LogP contribution in [0.15, 0.2) is 60.9 Å². The van der Waals surface area contributed by atoms with Crippen molar-refractivity contribution in [2.75, 3.05) is 6.61 Å². The first-order valence-electron chi connectivity index (χ1n) is 13.5. The number of carbonyl (C=O) groups excluding carboxylic acids is 1. The van der Waals surface area contributed by atoms with Gasteiger partial charge in [0.15, 0.2) is 5.82 Å². The minimum absolute atomic E-state index is 0.157. The normalized spacial score (nSPS) is 13.5. The minimum atomic E-state index is -2.00. The molecule has 2 atom stereocenters. The third-order valence-corrected chi connectivity index (χ3v) is 6.35. The van der Waals surface area contributed by atoms with Crippen molar-refractivity contribution >= 4 is 5.97 Å². The molecule has 1 aromatic heterocycles. The Hall–Kier alpha value is -3.35. The van der Waals surface area contributed by atoms with Crippen molar-refractivity contribution < 1.29 is 23.0 Å². The maximum atomic E-state index is 14.7. The summed E-state index contributed by atoms with van der Waals surface area (Å²) in [7, 11) is 0. The molecule has 7 heteroatoms. The third-order valence-electron chi connectivity index (χ3n) is 6.35. The van der Waals surface area contributed by atoms with Crippen molar-refractivity contribution in [2.24, 2.45) is 0 Å². The molecule has 0 amide bonds. The summed E-state index contributed by atoms with van der Waals surface area (Å²) in [5, 5.41) is 0. The number of ether oxygens (including phenoxy) is 2. The molecule has 38 heavy (non-hydrogen) atoms. The molecule has 2 aromatic carbocycles. The first-order valence-corrected chi connectivity index (χ1v) is 13.5. The molecule has 3 rings (SSSR count). The minimum Gasteiger partial charge on any atom is -0.494 e. The molecule has 5 nitrogen and oxygen atoms in total. The van der Waals surface area contributed by atoms with Gasteiger partial charge in [-0.25, -0.2) is 23.5 Å². The maximum Gasteiger partial charge on any atom is 0.348 e. The Labute approximate surface area is 224 Å². The number of carbonyl (C=O) groups is 1. The van der Waals surface area contributed by atoms with Crippen molar-refractivity contribution in [3.05, 3.63) is 60.9 Å². The summed E-state index contributed by atoms with van der Waals surface area (Å²) in [4.78, 5) is 21.3. The van der Waals surface area contributed by atoms with E-state index in [9.17, 15) is 13.6 Å². The van der Waals surface area contributed by atoms with Crippen molar-refractivity contribution in [3.63, 3.8) is 0 Å². The van der Waals surface area contributed by atoms with Gasteiger partial charge in [0.05, 0.1) is 12.8 Å². The molecule has 0 aliphatic heterocycles. The summed E-state index contributed by atoms with van der Waals surface area (Å²) in [6.45, 7) is 5.50. The summed E-state index contributed by atoms with van der Waals surface area (Å²) in [6, 6.07) is 14.4. The van der Waals surface area contributed by atoms with Crippen LogP contribution in [-0.2, 0) is 4.79 Å². The lowest BCUT2D eigenvalue weighted by Crippen LogP contribution is -2.34. The highest BCUT2D eigenvalue weighted by Crippen LogP contribution is 2.27. The summed E-state index contributed by atoms with van der Waals surface area (Å²) in [5.41, 5.74) is 0.515. The molecule has 0 radical (unpaired) electrons. The molecule has 0 N–H and O–H groups in total. The zero-order valence-corrected chi connectivity index (χ0v) is 22.6. The molecule has 204 valence electrons. The zero-order valence-electron chi connectivity index (χ0n) is 22.6. The average Bonchev–Trinajstić information content (AvgIpc) is 2.92. The predicted octanol–water partition coefficient (Wildman–Crippen LogP) is 8.32. The first kappa shape index (κ1) is 29.2. The van der Waals surface area contributed by atoms with Gasteiger partial charge in [-0.15, -0.1) is 0 Å². The Balaban J connectivity index is 1.52. The number of alkyl halides is 2. The Bertz CT molecular complexity index is 1120. The highest BCUT2D eigenvalue weighted by atomic mass is 19.1. The largest absolute Gasteiger partial charge is 0.494 e. The van der Waals surface area contributed by atoms with E-state index in [4.69, 9.17) is 9.47 Å². The Morgan fingerprint density at radius 1 is 0.868 bits per heavy atom. The number of benzene rings is 2. The molecule has 0 spiro atoms. The van der Waals surface area contributed by atoms with Crippen LogP contribution >= 0.6 is 0 Å². The van der Waals surface area contributed by atoms with E-state index in [2.05, 4.69) is 16.9 Å². The Morgan fingerprint density at radius 3 is 2.13 bits per heavy atom. The number of hydrogen-bond acceptors (Lipinski definition) is 5. The van der Waals surface area contributed by atoms with Gasteiger partial charge in [-0.05, 0) is 87.9 Å². The molecule has 0 aliphatic rings. The smallest absolute Gasteiger partial charge is 0.348 e. The number of unbranched alkanes of at least 4 members (excludes halogenated alkanes) is 4. The van der Waals surface area contributed by atoms with E-state index >= 15 is 0 Å². The second-order valence-electron chi connectivity index (χ2n) is 9.87. The maximum absolute atomic E-state index is 14.7. The standard InChI is InChI=1S/C31H38F2N2O3/c1-4-5-6-8-19-31(3,33)30(36)38-28-17-11-24(12-18-28)26-21-34-29(35-22-26)25-13-15-27(16-14-25)37-20-9-7-10-23(2)32/h11-18,21-23H,4-10,19-20H2,1-3H3/t23-,31-/m0/s1. The second kappa shape index (κ2) is 14.6. The third kappa shape index (κ3) is 9.19. The average molecular weight is 525 g/mol. The summed E-state index contributed by atoms with van der Waals surface area (Å²) >= 11 is 0. The molecule has 0 saturated carbocycles. The van der Waals surface area contributed by atoms with E-state index in [0.717, 1.165) is 54.5 Å². The number of aromatic nitrogens is 2. The van der Waals surface area contributed by atoms with Crippen molar-refractivity contribution in [2.45, 2.75) is 84.0 Å². The van der Waals surface area contributed by atoms with E-state index in [1.54, 1.807) is 43.6 Å². The lowest BCUT2D eigenvalue weighted by atomic mass is 10.00. The van der Waals surface area contributed by atoms with Crippen LogP contribution in [-0.4, -0.2) is 34.4 Å². The zero-order chi connectivity index (χ0) is 27.4. The molecule has 0 fully saturated rings. The van der Waals surface area contributed by atoms with Gasteiger partial charge in [-0.2, -0.15) is 0 Å². The molecule has 0 bridgehead atoms. The fourth-order valence-electron chi connectivity index (χ4n) is 3.96. The van der Waals surface area contributed by atoms with Gasteiger partial charge in [-0.3, -0.25) is 0 Å². The monoisotopic (exact) mass is 524 g/mol. The summed E-state index contributed by atoms with van der Waals surface area (Å²) < 4.78 is 38.6. The van der Waals surface area contributed by atoms with Crippen molar-refractivity contribution in [1.82, 2.24) is 9.97 Å². The van der Waals surface area contributed by atoms with Gasteiger partial charge in [0.2, 0.25) is 5.67 Å². The topological polar surface area (TPSA) is 61.3 Å². The lowest BCUT2D eigenvalue weighted by Gasteiger charge is -2.18. The van der Waals surface area contributed by atoms with Gasteiger partial charge in [0.1, 0.15) is 11.5 Å². The molecule has 0 saturated heterocycles. The van der Waals surface area contributed by atoms with Crippen LogP contribution < -0.4 is 9.47 Å². The molecular formula is C31H38F2N2O3. The fourth-order valence-corrected chi connectivity index (χ4v) is 3.96. The van der Waals surface area contributed by atoms with E-state index in [1.165, 1.54) is 6.92 Å². The van der Waals surface area contributed by atoms with E-state index in [0.29, 0.717) is 31.0 Å². The molecule has 0 aliphatic carbocycles. The lowest BCUT2D eigenvalue weighted by molar-refractivity contribution is -0.147. The van der Waals surface area contributed by atoms with E-state index in [-0.39, 0.29) is 6.42 Å². The molecular weight excluding hydrogens is 486 g/mol. The van der Waals surface area contributed by atoms with Gasteiger partial charge < -0.3 is 9.47 Å². The quantitative estimate of drug-likeness (QED) is 0.114. The van der Waals surface area contributed by atoms with Crippen LogP contribution in [0.5, 0.6) is 11.5 Å². The van der Waals surface area contributed by atoms with Crippen LogP contribution in [0.25, 0.3) is 22.5 Å². The van der Waals surface area contributed by atoms with Gasteiger partial charge in [0.25, 0.3) is 0 Å². The number of rotatable bonds is 15. The summed E-state index contributed by atoms with van der Waals surface area (Å²) in [6.07, 6.45) is 8.68. The van der Waals surface area contributed by atoms with Crippen molar-refractivity contribution in [3.8, 4) is 34.0 Å². The highest BCUT2D eigenvalue weighted by molar-refractivity contribution is 5.81. The van der Waals surface area contributed by atoms with Gasteiger partial charge in [0, 0.05) is 23.5 Å². The first-order chi connectivity index (χ1) is 18.3. The Kier molecular flexibility index (Phi) is 11.2. The number of halogens is 2. The molecule has 1 heterocycles. The molecule has 3 aromatic rings. The fraction of sp³-hybridized carbons (Fsp3) is 0.452. The van der Waals surface area contributed by atoms with E-state index in [1.807, 2.05) is 24.3 Å². The van der Waals surface area contributed by atoms with Crippen molar-refractivity contribution in [1.29, 1.82) is 0 Å². The number of nitrogens with zero attached hydrogens (tertiary/aromatic N) is 2. The van der Waals surface area contributed by atoms with Gasteiger partial charge in [-0.1, -0.05) is 38.3 Å². The number of esters is 1. The molecule has 0 unspecified atom stereocenters. The Morgan fingerprint density at radius 2 is 1.50 bits per heavy atom. The van der Waals surface area contributed by atoms with Crippen LogP contribution in [0.2, 0.25) is 0 Å². The van der Waals surface area contributed by atoms with Crippen LogP contribution in [0, 0.1) is 0 Å². The van der Waals surface area contributed by atoms with Gasteiger partial charge >= 0.3 is 5.97 Å². The van der Waals surface area contributed by atoms with Crippen LogP contribution in [0.1, 0.15) is 72.1 Å². The summed E-state index contributed by atoms with van der Waals surface area (Å²) in [5.74, 6) is 0.776. The van der Waals surface area contributed by atoms with Crippen LogP contribution in [0.4, 0.5) is 8.78 Å². The second-order valence-corrected chi connectivity index (χ2v) is 9.87. The number of hydrogen-bond donors (Lipinski definition) is 0. The van der Waals surface area contributed by atoms with E-state index < -0.39 is 17.8 Å². The predicted molar refractivity (Wildman–Crippen MR) is 147 cm³/mol. The highest BCUT2D eigenvalue weighted by Gasteiger charge is 2.34. The van der Waals surface area contributed by atoms with Crippen LogP contribution in [0.3, 0.4) is 0 Å². The SMILES string of the molecule is CCCCCC[C@](C)(F)C(=O)Oc1ccc(-c2cnc(-c3ccc(OCCCC[C@H](C)F)cc3)nc2)cc1.